The van der Waals surface area contributed by atoms with Gasteiger partial charge in [-0.1, -0.05) is 17.7 Å². The summed E-state index contributed by atoms with van der Waals surface area (Å²) in [6.45, 7) is 11.9. The molecule has 1 amide bonds. The Balaban J connectivity index is 1.60. The first kappa shape index (κ1) is 24.3. The number of nitrogens with zero attached hydrogens (tertiary/aromatic N) is 2. The number of piperidine rings is 1. The maximum absolute atomic E-state index is 13.1. The predicted molar refractivity (Wildman–Crippen MR) is 131 cm³/mol. The highest BCUT2D eigenvalue weighted by molar-refractivity contribution is 7.89. The van der Waals surface area contributed by atoms with Crippen molar-refractivity contribution in [2.24, 2.45) is 5.92 Å². The Morgan fingerprint density at radius 1 is 1.09 bits per heavy atom. The van der Waals surface area contributed by atoms with E-state index in [0.29, 0.717) is 36.9 Å². The van der Waals surface area contributed by atoms with Crippen LogP contribution in [0, 0.1) is 19.8 Å². The molecule has 1 heterocycles. The molecule has 2 aromatic rings. The zero-order valence-corrected chi connectivity index (χ0v) is 20.6. The zero-order valence-electron chi connectivity index (χ0n) is 19.8. The molecule has 0 bridgehead atoms. The lowest BCUT2D eigenvalue weighted by Gasteiger charge is -2.31. The minimum atomic E-state index is -3.54. The fraction of sp³-hybridized carbons (Fsp3) is 0.480. The van der Waals surface area contributed by atoms with E-state index in [1.807, 2.05) is 50.2 Å². The molecular weight excluding hydrogens is 422 g/mol. The maximum Gasteiger partial charge on any atom is 0.243 e. The van der Waals surface area contributed by atoms with E-state index in [4.69, 9.17) is 0 Å². The Labute approximate surface area is 192 Å². The molecule has 1 N–H and O–H groups in total. The van der Waals surface area contributed by atoms with Gasteiger partial charge in [0.25, 0.3) is 0 Å². The number of carbonyl (C=O) groups is 1. The number of hydrogen-bond donors (Lipinski definition) is 1. The minimum Gasteiger partial charge on any atom is -0.369 e. The average molecular weight is 458 g/mol. The van der Waals surface area contributed by atoms with Gasteiger partial charge in [0.2, 0.25) is 15.9 Å². The highest BCUT2D eigenvalue weighted by Crippen LogP contribution is 2.27. The number of carbonyl (C=O) groups excluding carboxylic acids is 1. The SMILES string of the molecule is CCN(c1ccc(NC(=O)C2CCN(S(=O)(=O)c3ccc(C)cc3C)CC2)cc1)C(C)C. The van der Waals surface area contributed by atoms with Crippen LogP contribution in [0.1, 0.15) is 44.7 Å². The van der Waals surface area contributed by atoms with E-state index in [2.05, 4.69) is 31.0 Å². The summed E-state index contributed by atoms with van der Waals surface area (Å²) in [7, 11) is -3.54. The third kappa shape index (κ3) is 5.33. The van der Waals surface area contributed by atoms with Crippen LogP contribution in [-0.2, 0) is 14.8 Å². The summed E-state index contributed by atoms with van der Waals surface area (Å²) in [5.41, 5.74) is 3.69. The van der Waals surface area contributed by atoms with Crippen LogP contribution in [-0.4, -0.2) is 44.3 Å². The first-order chi connectivity index (χ1) is 15.1. The van der Waals surface area contributed by atoms with Crippen molar-refractivity contribution in [2.75, 3.05) is 29.9 Å². The fourth-order valence-electron chi connectivity index (χ4n) is 4.41. The third-order valence-corrected chi connectivity index (χ3v) is 8.26. The Kier molecular flexibility index (Phi) is 7.62. The molecule has 0 radical (unpaired) electrons. The van der Waals surface area contributed by atoms with E-state index in [9.17, 15) is 13.2 Å². The molecule has 0 saturated carbocycles. The molecular formula is C25H35N3O3S. The molecule has 1 fully saturated rings. The quantitative estimate of drug-likeness (QED) is 0.661. The highest BCUT2D eigenvalue weighted by Gasteiger charge is 2.32. The average Bonchev–Trinajstić information content (AvgIpc) is 2.75. The lowest BCUT2D eigenvalue weighted by atomic mass is 9.97. The van der Waals surface area contributed by atoms with Gasteiger partial charge in [0.05, 0.1) is 4.90 Å². The van der Waals surface area contributed by atoms with Gasteiger partial charge in [-0.25, -0.2) is 8.42 Å². The number of anilines is 2. The van der Waals surface area contributed by atoms with Crippen LogP contribution in [0.2, 0.25) is 0 Å². The second-order valence-electron chi connectivity index (χ2n) is 8.86. The lowest BCUT2D eigenvalue weighted by molar-refractivity contribution is -0.120. The Hall–Kier alpha value is -2.38. The topological polar surface area (TPSA) is 69.7 Å². The van der Waals surface area contributed by atoms with Crippen molar-refractivity contribution >= 4 is 27.3 Å². The molecule has 0 aromatic heterocycles. The summed E-state index contributed by atoms with van der Waals surface area (Å²) >= 11 is 0. The monoisotopic (exact) mass is 457 g/mol. The lowest BCUT2D eigenvalue weighted by Crippen LogP contribution is -2.41. The Morgan fingerprint density at radius 3 is 2.25 bits per heavy atom. The second-order valence-corrected chi connectivity index (χ2v) is 10.8. The zero-order chi connectivity index (χ0) is 23.5. The molecule has 2 aromatic carbocycles. The second kappa shape index (κ2) is 10.0. The van der Waals surface area contributed by atoms with Crippen molar-refractivity contribution < 1.29 is 13.2 Å². The number of benzene rings is 2. The maximum atomic E-state index is 13.1. The van der Waals surface area contributed by atoms with Crippen LogP contribution in [0.5, 0.6) is 0 Å². The van der Waals surface area contributed by atoms with Crippen molar-refractivity contribution in [3.63, 3.8) is 0 Å². The Morgan fingerprint density at radius 2 is 1.72 bits per heavy atom. The summed E-state index contributed by atoms with van der Waals surface area (Å²) in [6.07, 6.45) is 1.04. The predicted octanol–water partition coefficient (Wildman–Crippen LogP) is 4.58. The molecule has 0 atom stereocenters. The molecule has 32 heavy (non-hydrogen) atoms. The number of sulfonamides is 1. The number of hydrogen-bond acceptors (Lipinski definition) is 4. The number of nitrogens with one attached hydrogen (secondary N) is 1. The van der Waals surface area contributed by atoms with E-state index < -0.39 is 10.0 Å². The molecule has 1 aliphatic heterocycles. The molecule has 3 rings (SSSR count). The molecule has 0 spiro atoms. The van der Waals surface area contributed by atoms with Crippen LogP contribution in [0.4, 0.5) is 11.4 Å². The van der Waals surface area contributed by atoms with E-state index in [1.54, 1.807) is 6.07 Å². The number of rotatable bonds is 7. The van der Waals surface area contributed by atoms with Crippen molar-refractivity contribution in [1.82, 2.24) is 4.31 Å². The molecule has 7 heteroatoms. The largest absolute Gasteiger partial charge is 0.369 e. The number of amides is 1. The molecule has 174 valence electrons. The van der Waals surface area contributed by atoms with Crippen LogP contribution in [0.25, 0.3) is 0 Å². The van der Waals surface area contributed by atoms with Crippen LogP contribution >= 0.6 is 0 Å². The summed E-state index contributed by atoms with van der Waals surface area (Å²) < 4.78 is 27.6. The van der Waals surface area contributed by atoms with Gasteiger partial charge >= 0.3 is 0 Å². The minimum absolute atomic E-state index is 0.0440. The highest BCUT2D eigenvalue weighted by atomic mass is 32.2. The van der Waals surface area contributed by atoms with E-state index in [0.717, 1.165) is 29.0 Å². The van der Waals surface area contributed by atoms with E-state index in [1.165, 1.54) is 4.31 Å². The first-order valence-corrected chi connectivity index (χ1v) is 12.8. The van der Waals surface area contributed by atoms with Gasteiger partial charge in [0, 0.05) is 43.0 Å². The molecule has 6 nitrogen and oxygen atoms in total. The van der Waals surface area contributed by atoms with Gasteiger partial charge < -0.3 is 10.2 Å². The summed E-state index contributed by atoms with van der Waals surface area (Å²) in [6, 6.07) is 13.7. The normalized spacial score (nSPS) is 15.7. The van der Waals surface area contributed by atoms with Crippen LogP contribution in [0.3, 0.4) is 0 Å². The molecule has 0 unspecified atom stereocenters. The van der Waals surface area contributed by atoms with Crippen molar-refractivity contribution in [3.8, 4) is 0 Å². The molecule has 1 saturated heterocycles. The summed E-state index contributed by atoms with van der Waals surface area (Å²) in [5, 5.41) is 3.00. The van der Waals surface area contributed by atoms with Gasteiger partial charge in [-0.15, -0.1) is 0 Å². The van der Waals surface area contributed by atoms with Crippen LogP contribution < -0.4 is 10.2 Å². The number of aryl methyl sites for hydroxylation is 2. The van der Waals surface area contributed by atoms with Gasteiger partial charge in [-0.05, 0) is 83.4 Å². The van der Waals surface area contributed by atoms with E-state index in [-0.39, 0.29) is 11.8 Å². The van der Waals surface area contributed by atoms with Crippen molar-refractivity contribution in [2.45, 2.75) is 58.4 Å². The summed E-state index contributed by atoms with van der Waals surface area (Å²) in [5.74, 6) is -0.236. The first-order valence-electron chi connectivity index (χ1n) is 11.4. The molecule has 0 aliphatic carbocycles. The van der Waals surface area contributed by atoms with Crippen LogP contribution in [0.15, 0.2) is 47.4 Å². The molecule has 1 aliphatic rings. The van der Waals surface area contributed by atoms with Gasteiger partial charge in [-0.3, -0.25) is 4.79 Å². The fourth-order valence-corrected chi connectivity index (χ4v) is 6.09. The Bertz CT molecular complexity index is 1040. The van der Waals surface area contributed by atoms with Gasteiger partial charge in [-0.2, -0.15) is 4.31 Å². The smallest absolute Gasteiger partial charge is 0.243 e. The summed E-state index contributed by atoms with van der Waals surface area (Å²) in [4.78, 5) is 15.4. The van der Waals surface area contributed by atoms with Crippen molar-refractivity contribution in [1.29, 1.82) is 0 Å². The van der Waals surface area contributed by atoms with Gasteiger partial charge in [0.1, 0.15) is 0 Å². The standard InChI is InChI=1S/C25H35N3O3S/c1-6-28(18(2)3)23-10-8-22(9-11-23)26-25(29)21-13-15-27(16-14-21)32(30,31)24-12-7-19(4)17-20(24)5/h7-12,17-18,21H,6,13-16H2,1-5H3,(H,26,29). The van der Waals surface area contributed by atoms with Gasteiger partial charge in [0.15, 0.2) is 0 Å². The van der Waals surface area contributed by atoms with E-state index >= 15 is 0 Å². The third-order valence-electron chi connectivity index (χ3n) is 6.20. The van der Waals surface area contributed by atoms with Crippen molar-refractivity contribution in [3.05, 3.63) is 53.6 Å².